The number of carboxylic acids is 1. The van der Waals surface area contributed by atoms with E-state index >= 15 is 0 Å². The Morgan fingerprint density at radius 1 is 1.25 bits per heavy atom. The molecule has 0 radical (unpaired) electrons. The summed E-state index contributed by atoms with van der Waals surface area (Å²) in [5, 5.41) is 24.2. The fourth-order valence-corrected chi connectivity index (χ4v) is 1.89. The number of benzene rings is 1. The van der Waals surface area contributed by atoms with Gasteiger partial charge in [0.1, 0.15) is 0 Å². The van der Waals surface area contributed by atoms with Gasteiger partial charge in [-0.15, -0.1) is 10.2 Å². The highest BCUT2D eigenvalue weighted by molar-refractivity contribution is 6.02. The summed E-state index contributed by atoms with van der Waals surface area (Å²) >= 11 is 0. The number of anilines is 1. The summed E-state index contributed by atoms with van der Waals surface area (Å²) in [6.07, 6.45) is 1.53. The first-order valence-corrected chi connectivity index (χ1v) is 5.88. The van der Waals surface area contributed by atoms with Crippen molar-refractivity contribution >= 4 is 22.6 Å². The van der Waals surface area contributed by atoms with Gasteiger partial charge >= 0.3 is 5.97 Å². The fourth-order valence-electron chi connectivity index (χ4n) is 1.89. The number of aromatic carboxylic acids is 1. The Kier molecular flexibility index (Phi) is 3.00. The highest BCUT2D eigenvalue weighted by Crippen LogP contribution is 2.24. The molecule has 0 aliphatic heterocycles. The van der Waals surface area contributed by atoms with Crippen molar-refractivity contribution in [1.82, 2.24) is 15.4 Å². The molecule has 7 nitrogen and oxygen atoms in total. The van der Waals surface area contributed by atoms with Gasteiger partial charge in [-0.25, -0.2) is 4.79 Å². The summed E-state index contributed by atoms with van der Waals surface area (Å²) < 4.78 is 4.97. The minimum absolute atomic E-state index is 0.122. The summed E-state index contributed by atoms with van der Waals surface area (Å²) in [5.74, 6) is -0.537. The summed E-state index contributed by atoms with van der Waals surface area (Å²) in [4.78, 5) is 11.2. The third kappa shape index (κ3) is 2.16. The Hall–Kier alpha value is -2.96. The molecule has 0 fully saturated rings. The van der Waals surface area contributed by atoms with Gasteiger partial charge in [-0.3, -0.25) is 0 Å². The second-order valence-corrected chi connectivity index (χ2v) is 4.08. The van der Waals surface area contributed by atoms with Crippen LogP contribution in [0.25, 0.3) is 10.9 Å². The molecular weight excluding hydrogens is 260 g/mol. The molecule has 0 spiro atoms. The van der Waals surface area contributed by atoms with Crippen molar-refractivity contribution in [3.05, 3.63) is 48.0 Å². The molecule has 0 saturated heterocycles. The standard InChI is InChI=1S/C13H10N4O3/c18-13(19)12-11(14-7-8-5-6-15-20-8)9-3-1-2-4-10(9)16-17-12/h1-6H,7H2,(H,14,16)(H,18,19). The van der Waals surface area contributed by atoms with Crippen LogP contribution < -0.4 is 5.32 Å². The Bertz CT molecular complexity index is 755. The predicted octanol–water partition coefficient (Wildman–Crippen LogP) is 1.93. The summed E-state index contributed by atoms with van der Waals surface area (Å²) in [6.45, 7) is 0.315. The molecular formula is C13H10N4O3. The van der Waals surface area contributed by atoms with E-state index in [4.69, 9.17) is 4.52 Å². The lowest BCUT2D eigenvalue weighted by Gasteiger charge is -2.09. The zero-order valence-corrected chi connectivity index (χ0v) is 10.3. The maximum absolute atomic E-state index is 11.2. The third-order valence-electron chi connectivity index (χ3n) is 2.80. The number of nitrogens with one attached hydrogen (secondary N) is 1. The summed E-state index contributed by atoms with van der Waals surface area (Å²) in [5.41, 5.74) is 0.917. The van der Waals surface area contributed by atoms with Gasteiger partial charge in [0.25, 0.3) is 0 Å². The maximum atomic E-state index is 11.2. The van der Waals surface area contributed by atoms with Crippen LogP contribution >= 0.6 is 0 Å². The molecule has 0 amide bonds. The fraction of sp³-hybridized carbons (Fsp3) is 0.0769. The molecule has 2 N–H and O–H groups in total. The Labute approximate surface area is 113 Å². The third-order valence-corrected chi connectivity index (χ3v) is 2.80. The van der Waals surface area contributed by atoms with E-state index in [-0.39, 0.29) is 5.69 Å². The van der Waals surface area contributed by atoms with Crippen LogP contribution in [0.5, 0.6) is 0 Å². The van der Waals surface area contributed by atoms with Crippen molar-refractivity contribution < 1.29 is 14.4 Å². The summed E-state index contributed by atoms with van der Waals surface area (Å²) in [7, 11) is 0. The van der Waals surface area contributed by atoms with E-state index < -0.39 is 5.97 Å². The predicted molar refractivity (Wildman–Crippen MR) is 70.3 cm³/mol. The second-order valence-electron chi connectivity index (χ2n) is 4.08. The van der Waals surface area contributed by atoms with E-state index in [1.54, 1.807) is 18.2 Å². The van der Waals surface area contributed by atoms with Gasteiger partial charge in [0.05, 0.1) is 23.9 Å². The zero-order valence-electron chi connectivity index (χ0n) is 10.3. The maximum Gasteiger partial charge on any atom is 0.358 e. The first kappa shape index (κ1) is 12.1. The molecule has 0 aliphatic rings. The number of hydrogen-bond acceptors (Lipinski definition) is 6. The van der Waals surface area contributed by atoms with Crippen molar-refractivity contribution in [3.8, 4) is 0 Å². The molecule has 2 heterocycles. The van der Waals surface area contributed by atoms with E-state index in [1.807, 2.05) is 12.1 Å². The van der Waals surface area contributed by atoms with Crippen LogP contribution in [0.4, 0.5) is 5.69 Å². The topological polar surface area (TPSA) is 101 Å². The molecule has 100 valence electrons. The second kappa shape index (κ2) is 4.96. The molecule has 0 aliphatic carbocycles. The Balaban J connectivity index is 2.05. The Morgan fingerprint density at radius 3 is 2.85 bits per heavy atom. The highest BCUT2D eigenvalue weighted by atomic mass is 16.5. The van der Waals surface area contributed by atoms with E-state index in [2.05, 4.69) is 20.7 Å². The van der Waals surface area contributed by atoms with Crippen molar-refractivity contribution in [2.45, 2.75) is 6.54 Å². The van der Waals surface area contributed by atoms with E-state index in [0.717, 1.165) is 0 Å². The average molecular weight is 270 g/mol. The molecule has 0 saturated carbocycles. The van der Waals surface area contributed by atoms with E-state index in [1.165, 1.54) is 6.20 Å². The highest BCUT2D eigenvalue weighted by Gasteiger charge is 2.16. The van der Waals surface area contributed by atoms with Crippen LogP contribution in [0, 0.1) is 0 Å². The van der Waals surface area contributed by atoms with Gasteiger partial charge in [0, 0.05) is 11.5 Å². The normalized spacial score (nSPS) is 10.6. The molecule has 7 heteroatoms. The smallest absolute Gasteiger partial charge is 0.358 e. The SMILES string of the molecule is O=C(O)c1nnc2ccccc2c1NCc1ccno1. The monoisotopic (exact) mass is 270 g/mol. The summed E-state index contributed by atoms with van der Waals surface area (Å²) in [6, 6.07) is 8.89. The van der Waals surface area contributed by atoms with Gasteiger partial charge in [0.2, 0.25) is 0 Å². The first-order chi connectivity index (χ1) is 9.75. The average Bonchev–Trinajstić information content (AvgIpc) is 2.97. The lowest BCUT2D eigenvalue weighted by molar-refractivity contribution is 0.0690. The molecule has 3 aromatic rings. The van der Waals surface area contributed by atoms with E-state index in [9.17, 15) is 9.90 Å². The number of fused-ring (bicyclic) bond motifs is 1. The van der Waals surface area contributed by atoms with Crippen molar-refractivity contribution in [1.29, 1.82) is 0 Å². The molecule has 0 unspecified atom stereocenters. The number of rotatable bonds is 4. The number of aromatic nitrogens is 3. The lowest BCUT2D eigenvalue weighted by Crippen LogP contribution is -2.10. The molecule has 20 heavy (non-hydrogen) atoms. The quantitative estimate of drug-likeness (QED) is 0.746. The van der Waals surface area contributed by atoms with Crippen molar-refractivity contribution in [3.63, 3.8) is 0 Å². The number of carbonyl (C=O) groups is 1. The number of carboxylic acid groups (broad SMARTS) is 1. The van der Waals surface area contributed by atoms with Gasteiger partial charge in [-0.1, -0.05) is 23.4 Å². The van der Waals surface area contributed by atoms with Gasteiger partial charge in [-0.2, -0.15) is 0 Å². The van der Waals surface area contributed by atoms with Crippen LogP contribution in [0.1, 0.15) is 16.2 Å². The van der Waals surface area contributed by atoms with Crippen molar-refractivity contribution in [2.75, 3.05) is 5.32 Å². The number of nitrogens with zero attached hydrogens (tertiary/aromatic N) is 3. The van der Waals surface area contributed by atoms with Crippen LogP contribution in [-0.4, -0.2) is 26.4 Å². The minimum Gasteiger partial charge on any atom is -0.476 e. The van der Waals surface area contributed by atoms with Gasteiger partial charge < -0.3 is 14.9 Å². The minimum atomic E-state index is -1.14. The number of hydrogen-bond donors (Lipinski definition) is 2. The van der Waals surface area contributed by atoms with Crippen molar-refractivity contribution in [2.24, 2.45) is 0 Å². The van der Waals surface area contributed by atoms with Crippen LogP contribution in [-0.2, 0) is 6.54 Å². The molecule has 3 rings (SSSR count). The first-order valence-electron chi connectivity index (χ1n) is 5.88. The Morgan fingerprint density at radius 2 is 2.10 bits per heavy atom. The van der Waals surface area contributed by atoms with Gasteiger partial charge in [-0.05, 0) is 6.07 Å². The van der Waals surface area contributed by atoms with Crippen LogP contribution in [0.2, 0.25) is 0 Å². The van der Waals surface area contributed by atoms with Gasteiger partial charge in [0.15, 0.2) is 11.5 Å². The van der Waals surface area contributed by atoms with E-state index in [0.29, 0.717) is 28.9 Å². The molecule has 0 bridgehead atoms. The zero-order chi connectivity index (χ0) is 13.9. The molecule has 2 aromatic heterocycles. The van der Waals surface area contributed by atoms with Crippen LogP contribution in [0.15, 0.2) is 41.1 Å². The molecule has 0 atom stereocenters. The lowest BCUT2D eigenvalue weighted by atomic mass is 10.1. The largest absolute Gasteiger partial charge is 0.476 e. The van der Waals surface area contributed by atoms with Crippen LogP contribution in [0.3, 0.4) is 0 Å². The molecule has 1 aromatic carbocycles.